The van der Waals surface area contributed by atoms with Gasteiger partial charge in [-0.15, -0.1) is 0 Å². The molecule has 4 atom stereocenters. The lowest BCUT2D eigenvalue weighted by Crippen LogP contribution is -2.57. The van der Waals surface area contributed by atoms with Crippen LogP contribution >= 0.6 is 0 Å². The summed E-state index contributed by atoms with van der Waals surface area (Å²) in [6.45, 7) is 1.17. The van der Waals surface area contributed by atoms with Crippen LogP contribution in [0.25, 0.3) is 0 Å². The molecule has 1 aliphatic heterocycles. The monoisotopic (exact) mass is 167 g/mol. The van der Waals surface area contributed by atoms with Crippen LogP contribution in [-0.2, 0) is 4.74 Å². The lowest BCUT2D eigenvalue weighted by molar-refractivity contribution is -0.115. The van der Waals surface area contributed by atoms with Crippen LogP contribution in [0.4, 0.5) is 0 Å². The molecular weight excluding hydrogens is 150 g/mol. The molecule has 3 rings (SSSR count). The first kappa shape index (κ1) is 7.34. The molecule has 0 aromatic carbocycles. The number of hydrogen-bond donors (Lipinski definition) is 1. The zero-order valence-electron chi connectivity index (χ0n) is 7.68. The summed E-state index contributed by atoms with van der Waals surface area (Å²) in [6.07, 6.45) is 5.56. The number of fused-ring (bicyclic) bond motifs is 1. The maximum absolute atomic E-state index is 5.69. The normalized spacial score (nSPS) is 56.2. The summed E-state index contributed by atoms with van der Waals surface area (Å²) in [6, 6.07) is 0. The summed E-state index contributed by atoms with van der Waals surface area (Å²) < 4.78 is 5.69. The second-order valence-electron chi connectivity index (χ2n) is 4.72. The Morgan fingerprint density at radius 2 is 2.33 bits per heavy atom. The Hall–Kier alpha value is -0.0800. The molecule has 1 saturated heterocycles. The maximum atomic E-state index is 5.69. The Labute approximate surface area is 73.7 Å². The third-order valence-corrected chi connectivity index (χ3v) is 4.29. The van der Waals surface area contributed by atoms with Crippen LogP contribution in [0.1, 0.15) is 25.7 Å². The van der Waals surface area contributed by atoms with Crippen LogP contribution < -0.4 is 5.32 Å². The number of nitrogens with one attached hydrogen (secondary N) is 1. The number of rotatable bonds is 1. The molecular formula is C10H17NO. The molecule has 1 N–H and O–H groups in total. The molecule has 0 aromatic heterocycles. The highest BCUT2D eigenvalue weighted by atomic mass is 16.5. The average molecular weight is 167 g/mol. The van der Waals surface area contributed by atoms with Crippen molar-refractivity contribution in [3.8, 4) is 0 Å². The molecule has 3 fully saturated rings. The van der Waals surface area contributed by atoms with Crippen molar-refractivity contribution < 1.29 is 4.74 Å². The van der Waals surface area contributed by atoms with Crippen LogP contribution in [0.3, 0.4) is 0 Å². The fraction of sp³-hybridized carbons (Fsp3) is 1.00. The van der Waals surface area contributed by atoms with Gasteiger partial charge < -0.3 is 4.74 Å². The first-order chi connectivity index (χ1) is 5.84. The van der Waals surface area contributed by atoms with Crippen molar-refractivity contribution in [2.24, 2.45) is 17.8 Å². The molecule has 0 unspecified atom stereocenters. The van der Waals surface area contributed by atoms with Crippen molar-refractivity contribution in [1.82, 2.24) is 5.32 Å². The molecule has 1 heterocycles. The SMILES string of the molecule is CO[C@]12C[C@@H]3C[C@H](CCN1)[C@H]2C3. The van der Waals surface area contributed by atoms with Crippen LogP contribution in [-0.4, -0.2) is 19.4 Å². The second kappa shape index (κ2) is 2.24. The van der Waals surface area contributed by atoms with Gasteiger partial charge in [-0.1, -0.05) is 0 Å². The van der Waals surface area contributed by atoms with Crippen molar-refractivity contribution in [1.29, 1.82) is 0 Å². The van der Waals surface area contributed by atoms with E-state index in [1.165, 1.54) is 32.2 Å². The zero-order valence-corrected chi connectivity index (χ0v) is 7.68. The summed E-state index contributed by atoms with van der Waals surface area (Å²) in [4.78, 5) is 0. The van der Waals surface area contributed by atoms with Gasteiger partial charge in [0.2, 0.25) is 0 Å². The van der Waals surface area contributed by atoms with Gasteiger partial charge in [-0.25, -0.2) is 0 Å². The summed E-state index contributed by atoms with van der Waals surface area (Å²) in [7, 11) is 1.87. The van der Waals surface area contributed by atoms with Crippen molar-refractivity contribution in [3.05, 3.63) is 0 Å². The van der Waals surface area contributed by atoms with Gasteiger partial charge in [0.1, 0.15) is 5.72 Å². The average Bonchev–Trinajstić information content (AvgIpc) is 2.59. The quantitative estimate of drug-likeness (QED) is 0.637. The Kier molecular flexibility index (Phi) is 1.37. The molecule has 2 saturated carbocycles. The first-order valence-electron chi connectivity index (χ1n) is 5.14. The fourth-order valence-electron chi connectivity index (χ4n) is 3.86. The molecule has 12 heavy (non-hydrogen) atoms. The predicted octanol–water partition coefficient (Wildman–Crippen LogP) is 1.37. The Bertz CT molecular complexity index is 206. The zero-order chi connectivity index (χ0) is 8.18. The molecule has 3 aliphatic rings. The topological polar surface area (TPSA) is 21.3 Å². The third-order valence-electron chi connectivity index (χ3n) is 4.29. The molecule has 68 valence electrons. The molecule has 0 aromatic rings. The molecule has 2 nitrogen and oxygen atoms in total. The number of hydrogen-bond acceptors (Lipinski definition) is 2. The highest BCUT2D eigenvalue weighted by Gasteiger charge is 2.57. The lowest BCUT2D eigenvalue weighted by atomic mass is 9.77. The fourth-order valence-corrected chi connectivity index (χ4v) is 3.86. The molecule has 2 aliphatic carbocycles. The van der Waals surface area contributed by atoms with Gasteiger partial charge in [0.25, 0.3) is 0 Å². The number of piperidine rings is 1. The van der Waals surface area contributed by atoms with Gasteiger partial charge in [0.05, 0.1) is 0 Å². The van der Waals surface area contributed by atoms with Crippen molar-refractivity contribution in [3.63, 3.8) is 0 Å². The summed E-state index contributed by atoms with van der Waals surface area (Å²) in [5.41, 5.74) is 0.103. The minimum absolute atomic E-state index is 0.103. The maximum Gasteiger partial charge on any atom is 0.122 e. The van der Waals surface area contributed by atoms with Crippen LogP contribution in [0.5, 0.6) is 0 Å². The Morgan fingerprint density at radius 3 is 3.00 bits per heavy atom. The molecule has 2 heteroatoms. The van der Waals surface area contributed by atoms with Crippen molar-refractivity contribution in [2.45, 2.75) is 31.4 Å². The van der Waals surface area contributed by atoms with Gasteiger partial charge in [-0.2, -0.15) is 0 Å². The molecule has 0 amide bonds. The number of methoxy groups -OCH3 is 1. The van der Waals surface area contributed by atoms with Crippen LogP contribution in [0.15, 0.2) is 0 Å². The second-order valence-corrected chi connectivity index (χ2v) is 4.72. The van der Waals surface area contributed by atoms with Crippen LogP contribution in [0, 0.1) is 17.8 Å². The molecule has 2 bridgehead atoms. The lowest BCUT2D eigenvalue weighted by Gasteiger charge is -2.45. The molecule has 0 spiro atoms. The third kappa shape index (κ3) is 0.728. The highest BCUT2D eigenvalue weighted by molar-refractivity contribution is 5.07. The minimum atomic E-state index is 0.103. The van der Waals surface area contributed by atoms with E-state index in [1.54, 1.807) is 0 Å². The van der Waals surface area contributed by atoms with Gasteiger partial charge in [-0.05, 0) is 44.1 Å². The minimum Gasteiger partial charge on any atom is -0.364 e. The van der Waals surface area contributed by atoms with Gasteiger partial charge in [0, 0.05) is 13.0 Å². The first-order valence-corrected chi connectivity index (χ1v) is 5.14. The van der Waals surface area contributed by atoms with E-state index in [0.29, 0.717) is 0 Å². The van der Waals surface area contributed by atoms with E-state index in [9.17, 15) is 0 Å². The predicted molar refractivity (Wildman–Crippen MR) is 46.7 cm³/mol. The number of ether oxygens (including phenoxy) is 1. The largest absolute Gasteiger partial charge is 0.364 e. The van der Waals surface area contributed by atoms with E-state index >= 15 is 0 Å². The highest BCUT2D eigenvalue weighted by Crippen LogP contribution is 2.56. The summed E-state index contributed by atoms with van der Waals surface area (Å²) >= 11 is 0. The van der Waals surface area contributed by atoms with E-state index in [0.717, 1.165) is 17.8 Å². The van der Waals surface area contributed by atoms with E-state index in [-0.39, 0.29) is 5.72 Å². The smallest absolute Gasteiger partial charge is 0.122 e. The van der Waals surface area contributed by atoms with E-state index < -0.39 is 0 Å². The van der Waals surface area contributed by atoms with E-state index in [1.807, 2.05) is 7.11 Å². The van der Waals surface area contributed by atoms with Crippen molar-refractivity contribution >= 4 is 0 Å². The van der Waals surface area contributed by atoms with Gasteiger partial charge in [-0.3, -0.25) is 5.32 Å². The molecule has 0 radical (unpaired) electrons. The Balaban J connectivity index is 1.94. The van der Waals surface area contributed by atoms with E-state index in [4.69, 9.17) is 4.74 Å². The van der Waals surface area contributed by atoms with Gasteiger partial charge in [0.15, 0.2) is 0 Å². The van der Waals surface area contributed by atoms with Crippen molar-refractivity contribution in [2.75, 3.05) is 13.7 Å². The summed E-state index contributed by atoms with van der Waals surface area (Å²) in [5, 5.41) is 3.58. The van der Waals surface area contributed by atoms with Gasteiger partial charge >= 0.3 is 0 Å². The summed E-state index contributed by atoms with van der Waals surface area (Å²) in [5.74, 6) is 2.78. The Morgan fingerprint density at radius 1 is 1.42 bits per heavy atom. The van der Waals surface area contributed by atoms with E-state index in [2.05, 4.69) is 5.32 Å². The van der Waals surface area contributed by atoms with Crippen LogP contribution in [0.2, 0.25) is 0 Å². The standard InChI is InChI=1S/C10H17NO/c1-12-10-6-7-4-8(2-3-11-10)9(10)5-7/h7-9,11H,2-6H2,1H3/t7-,8+,9-,10+/m1/s1.